The molecule has 0 saturated carbocycles. The van der Waals surface area contributed by atoms with Crippen molar-refractivity contribution in [1.82, 2.24) is 9.38 Å². The van der Waals surface area contributed by atoms with E-state index in [2.05, 4.69) is 72.5 Å². The molecule has 3 rings (SSSR count). The van der Waals surface area contributed by atoms with Crippen LogP contribution >= 0.6 is 0 Å². The van der Waals surface area contributed by atoms with Crippen molar-refractivity contribution in [2.45, 2.75) is 135 Å². The Morgan fingerprint density at radius 2 is 1.05 bits per heavy atom. The lowest BCUT2D eigenvalue weighted by atomic mass is 10.0. The monoisotopic (exact) mass is 591 g/mol. The Kier molecular flexibility index (Phi) is 18.4. The molecule has 1 aliphatic rings. The summed E-state index contributed by atoms with van der Waals surface area (Å²) in [5.74, 6) is 0.288. The van der Waals surface area contributed by atoms with Gasteiger partial charge in [0.15, 0.2) is 6.67 Å². The number of para-hydroxylation sites is 2. The molecule has 1 aliphatic heterocycles. The lowest BCUT2D eigenvalue weighted by molar-refractivity contribution is -0.129. The van der Waals surface area contributed by atoms with E-state index in [1.54, 1.807) is 0 Å². The SMILES string of the molecule is CCCCCCCCCCCCCCCCCCOCCCC[N+](CN1CCCC1=O)(c1ccccc1)c1ccccc1. The molecule has 0 aliphatic carbocycles. The number of quaternary nitrogens is 1. The first kappa shape index (κ1) is 35.3. The molecule has 4 heteroatoms. The fourth-order valence-corrected chi connectivity index (χ4v) is 6.65. The summed E-state index contributed by atoms with van der Waals surface area (Å²) in [5, 5.41) is 0. The summed E-state index contributed by atoms with van der Waals surface area (Å²) < 4.78 is 6.75. The van der Waals surface area contributed by atoms with Crippen molar-refractivity contribution in [2.24, 2.45) is 0 Å². The second-order valence-electron chi connectivity index (χ2n) is 12.9. The summed E-state index contributed by atoms with van der Waals surface area (Å²) in [6, 6.07) is 21.5. The van der Waals surface area contributed by atoms with Crippen molar-refractivity contribution in [3.8, 4) is 0 Å². The van der Waals surface area contributed by atoms with Gasteiger partial charge in [-0.05, 0) is 49.9 Å². The molecule has 240 valence electrons. The Balaban J connectivity index is 1.26. The number of carbonyl (C=O) groups is 1. The van der Waals surface area contributed by atoms with Gasteiger partial charge in [-0.1, -0.05) is 140 Å². The zero-order valence-electron chi connectivity index (χ0n) is 27.7. The minimum absolute atomic E-state index is 0.288. The first-order chi connectivity index (χ1) is 21.3. The van der Waals surface area contributed by atoms with Crippen LogP contribution in [-0.2, 0) is 9.53 Å². The van der Waals surface area contributed by atoms with E-state index in [4.69, 9.17) is 4.74 Å². The molecule has 0 aromatic heterocycles. The highest BCUT2D eigenvalue weighted by molar-refractivity contribution is 5.78. The fourth-order valence-electron chi connectivity index (χ4n) is 6.65. The molecule has 0 radical (unpaired) electrons. The van der Waals surface area contributed by atoms with Crippen molar-refractivity contribution in [2.75, 3.05) is 33.0 Å². The molecule has 0 bridgehead atoms. The summed E-state index contributed by atoms with van der Waals surface area (Å²) in [7, 11) is 0. The lowest BCUT2D eigenvalue weighted by Crippen LogP contribution is -2.53. The van der Waals surface area contributed by atoms with Gasteiger partial charge in [-0.15, -0.1) is 0 Å². The van der Waals surface area contributed by atoms with Crippen LogP contribution in [0.25, 0.3) is 0 Å². The van der Waals surface area contributed by atoms with E-state index >= 15 is 0 Å². The second kappa shape index (κ2) is 22.4. The molecular formula is C39H63N2O2+. The normalized spacial score (nSPS) is 13.7. The molecule has 1 saturated heterocycles. The van der Waals surface area contributed by atoms with E-state index in [1.807, 2.05) is 0 Å². The summed E-state index contributed by atoms with van der Waals surface area (Å²) in [5.41, 5.74) is 2.50. The number of carbonyl (C=O) groups excluding carboxylic acids is 1. The second-order valence-corrected chi connectivity index (χ2v) is 12.9. The van der Waals surface area contributed by atoms with Crippen LogP contribution in [0.5, 0.6) is 0 Å². The highest BCUT2D eigenvalue weighted by atomic mass is 16.5. The number of likely N-dealkylation sites (tertiary alicyclic amines) is 1. The van der Waals surface area contributed by atoms with Crippen molar-refractivity contribution in [3.63, 3.8) is 0 Å². The Morgan fingerprint density at radius 3 is 1.49 bits per heavy atom. The molecule has 0 unspecified atom stereocenters. The average molecular weight is 592 g/mol. The molecular weight excluding hydrogens is 528 g/mol. The number of amides is 1. The summed E-state index contributed by atoms with van der Waals surface area (Å²) in [6.07, 6.45) is 26.1. The van der Waals surface area contributed by atoms with E-state index in [1.165, 1.54) is 114 Å². The molecule has 1 amide bonds. The predicted octanol–water partition coefficient (Wildman–Crippen LogP) is 11.0. The highest BCUT2D eigenvalue weighted by Crippen LogP contribution is 2.36. The van der Waals surface area contributed by atoms with Gasteiger partial charge in [-0.3, -0.25) is 9.69 Å². The molecule has 1 heterocycles. The minimum Gasteiger partial charge on any atom is -0.381 e. The number of ether oxygens (including phenoxy) is 1. The van der Waals surface area contributed by atoms with E-state index in [0.717, 1.165) is 45.6 Å². The first-order valence-corrected chi connectivity index (χ1v) is 18.1. The molecule has 0 N–H and O–H groups in total. The Labute approximate surface area is 264 Å². The van der Waals surface area contributed by atoms with Gasteiger partial charge in [0.2, 0.25) is 5.91 Å². The Hall–Kier alpha value is -2.17. The maximum Gasteiger partial charge on any atom is 0.226 e. The van der Waals surface area contributed by atoms with Crippen molar-refractivity contribution in [1.29, 1.82) is 0 Å². The standard InChI is InChI=1S/C39H63N2O2/c1-2-3-4-5-6-7-8-9-10-11-12-13-14-15-16-24-34-43-35-25-23-33-41(37-27-19-17-20-28-37,38-29-21-18-22-30-38)36-40-32-26-31-39(40)42/h17-22,27-30H,2-16,23-26,31-36H2,1H3/q+1. The average Bonchev–Trinajstić information content (AvgIpc) is 3.45. The van der Waals surface area contributed by atoms with Crippen LogP contribution in [0, 0.1) is 0 Å². The topological polar surface area (TPSA) is 29.5 Å². The number of benzene rings is 2. The lowest BCUT2D eigenvalue weighted by Gasteiger charge is -2.40. The van der Waals surface area contributed by atoms with Gasteiger partial charge < -0.3 is 4.74 Å². The van der Waals surface area contributed by atoms with Gasteiger partial charge in [0.05, 0.1) is 6.54 Å². The van der Waals surface area contributed by atoms with Gasteiger partial charge >= 0.3 is 0 Å². The third-order valence-electron chi connectivity index (χ3n) is 9.31. The van der Waals surface area contributed by atoms with Gasteiger partial charge in [0.25, 0.3) is 0 Å². The number of unbranched alkanes of at least 4 members (excludes halogenated alkanes) is 16. The Bertz CT molecular complexity index is 909. The van der Waals surface area contributed by atoms with Crippen molar-refractivity contribution < 1.29 is 9.53 Å². The van der Waals surface area contributed by atoms with Crippen LogP contribution in [0.2, 0.25) is 0 Å². The van der Waals surface area contributed by atoms with E-state index in [9.17, 15) is 4.79 Å². The maximum absolute atomic E-state index is 12.7. The summed E-state index contributed by atoms with van der Waals surface area (Å²) in [4.78, 5) is 14.8. The van der Waals surface area contributed by atoms with Crippen LogP contribution in [0.3, 0.4) is 0 Å². The van der Waals surface area contributed by atoms with Crippen molar-refractivity contribution in [3.05, 3.63) is 60.7 Å². The van der Waals surface area contributed by atoms with Crippen LogP contribution in [0.4, 0.5) is 11.4 Å². The predicted molar refractivity (Wildman–Crippen MR) is 185 cm³/mol. The van der Waals surface area contributed by atoms with Gasteiger partial charge in [-0.25, -0.2) is 4.48 Å². The molecule has 2 aromatic carbocycles. The van der Waals surface area contributed by atoms with Gasteiger partial charge in [0, 0.05) is 26.2 Å². The third-order valence-corrected chi connectivity index (χ3v) is 9.31. The number of rotatable bonds is 26. The molecule has 0 spiro atoms. The molecule has 43 heavy (non-hydrogen) atoms. The molecule has 0 atom stereocenters. The minimum atomic E-state index is 0.288. The van der Waals surface area contributed by atoms with E-state index in [-0.39, 0.29) is 5.91 Å². The van der Waals surface area contributed by atoms with Crippen LogP contribution in [0.15, 0.2) is 60.7 Å². The molecule has 2 aromatic rings. The summed E-state index contributed by atoms with van der Waals surface area (Å²) in [6.45, 7) is 6.53. The number of hydrogen-bond donors (Lipinski definition) is 0. The van der Waals surface area contributed by atoms with Crippen molar-refractivity contribution >= 4 is 17.3 Å². The molecule has 4 nitrogen and oxygen atoms in total. The quantitative estimate of drug-likeness (QED) is 0.0804. The largest absolute Gasteiger partial charge is 0.381 e. The smallest absolute Gasteiger partial charge is 0.226 e. The number of hydrogen-bond acceptors (Lipinski definition) is 2. The molecule has 1 fully saturated rings. The zero-order chi connectivity index (χ0) is 30.3. The highest BCUT2D eigenvalue weighted by Gasteiger charge is 2.37. The van der Waals surface area contributed by atoms with Crippen LogP contribution in [-0.4, -0.2) is 43.8 Å². The van der Waals surface area contributed by atoms with Crippen LogP contribution < -0.4 is 4.48 Å². The zero-order valence-corrected chi connectivity index (χ0v) is 27.7. The summed E-state index contributed by atoms with van der Waals surface area (Å²) >= 11 is 0. The maximum atomic E-state index is 12.7. The fraction of sp³-hybridized carbons (Fsp3) is 0.667. The Morgan fingerprint density at radius 1 is 0.605 bits per heavy atom. The van der Waals surface area contributed by atoms with E-state index < -0.39 is 0 Å². The van der Waals surface area contributed by atoms with Gasteiger partial charge in [0.1, 0.15) is 11.4 Å². The van der Waals surface area contributed by atoms with Gasteiger partial charge in [-0.2, -0.15) is 0 Å². The van der Waals surface area contributed by atoms with Crippen LogP contribution in [0.1, 0.15) is 135 Å². The third kappa shape index (κ3) is 13.6. The van der Waals surface area contributed by atoms with E-state index in [0.29, 0.717) is 17.6 Å². The number of nitrogens with zero attached hydrogens (tertiary/aromatic N) is 2. The first-order valence-electron chi connectivity index (χ1n) is 18.1.